The standard InChI is InChI=1S/C13H19ClN2O/c14-11-6-1-7-12(15)13(11)16-8-2-4-10(16)5-3-9-17/h1,6-7,10,17H,2-5,8-9,15H2. The van der Waals surface area contributed by atoms with Crippen molar-refractivity contribution in [3.63, 3.8) is 0 Å². The lowest BCUT2D eigenvalue weighted by atomic mass is 10.1. The molecule has 0 aromatic heterocycles. The van der Waals surface area contributed by atoms with Crippen LogP contribution in [0.25, 0.3) is 0 Å². The van der Waals surface area contributed by atoms with Gasteiger partial charge >= 0.3 is 0 Å². The van der Waals surface area contributed by atoms with Crippen LogP contribution < -0.4 is 10.6 Å². The summed E-state index contributed by atoms with van der Waals surface area (Å²) < 4.78 is 0. The molecule has 1 heterocycles. The minimum atomic E-state index is 0.252. The first kappa shape index (κ1) is 12.5. The fourth-order valence-corrected chi connectivity index (χ4v) is 2.88. The van der Waals surface area contributed by atoms with Crippen LogP contribution >= 0.6 is 11.6 Å². The molecule has 1 aliphatic heterocycles. The van der Waals surface area contributed by atoms with Crippen molar-refractivity contribution in [3.8, 4) is 0 Å². The Bertz CT molecular complexity index is 363. The molecule has 1 unspecified atom stereocenters. The van der Waals surface area contributed by atoms with E-state index in [1.165, 1.54) is 6.42 Å². The Morgan fingerprint density at radius 3 is 3.00 bits per heavy atom. The van der Waals surface area contributed by atoms with Crippen molar-refractivity contribution in [2.45, 2.75) is 31.7 Å². The highest BCUT2D eigenvalue weighted by Crippen LogP contribution is 2.37. The smallest absolute Gasteiger partial charge is 0.0791 e. The molecule has 1 aliphatic rings. The zero-order valence-electron chi connectivity index (χ0n) is 9.90. The van der Waals surface area contributed by atoms with Gasteiger partial charge in [0.15, 0.2) is 0 Å². The van der Waals surface area contributed by atoms with Gasteiger partial charge in [0.1, 0.15) is 0 Å². The number of hydrogen-bond acceptors (Lipinski definition) is 3. The number of aliphatic hydroxyl groups excluding tert-OH is 1. The lowest BCUT2D eigenvalue weighted by Crippen LogP contribution is -2.30. The predicted octanol–water partition coefficient (Wildman–Crippen LogP) is 2.66. The van der Waals surface area contributed by atoms with Gasteiger partial charge in [-0.25, -0.2) is 0 Å². The van der Waals surface area contributed by atoms with Crippen molar-refractivity contribution in [1.29, 1.82) is 0 Å². The molecule has 4 heteroatoms. The van der Waals surface area contributed by atoms with Crippen LogP contribution in [0.2, 0.25) is 5.02 Å². The third-order valence-corrected chi connectivity index (χ3v) is 3.68. The number of nitrogens with zero attached hydrogens (tertiary/aromatic N) is 1. The monoisotopic (exact) mass is 254 g/mol. The van der Waals surface area contributed by atoms with Crippen molar-refractivity contribution in [3.05, 3.63) is 23.2 Å². The zero-order valence-corrected chi connectivity index (χ0v) is 10.7. The van der Waals surface area contributed by atoms with Crippen LogP contribution in [0.5, 0.6) is 0 Å². The summed E-state index contributed by atoms with van der Waals surface area (Å²) in [6, 6.07) is 6.11. The molecule has 3 nitrogen and oxygen atoms in total. The molecule has 0 spiro atoms. The van der Waals surface area contributed by atoms with Crippen LogP contribution in [0.4, 0.5) is 11.4 Å². The highest BCUT2D eigenvalue weighted by Gasteiger charge is 2.26. The maximum atomic E-state index is 8.92. The van der Waals surface area contributed by atoms with E-state index in [1.807, 2.05) is 18.2 Å². The molecule has 0 bridgehead atoms. The van der Waals surface area contributed by atoms with E-state index in [-0.39, 0.29) is 6.61 Å². The Morgan fingerprint density at radius 2 is 2.29 bits per heavy atom. The lowest BCUT2D eigenvalue weighted by molar-refractivity contribution is 0.279. The number of para-hydroxylation sites is 1. The molecule has 0 saturated carbocycles. The van der Waals surface area contributed by atoms with Crippen molar-refractivity contribution in [2.24, 2.45) is 0 Å². The first-order chi connectivity index (χ1) is 8.24. The minimum Gasteiger partial charge on any atom is -0.397 e. The van der Waals surface area contributed by atoms with Gasteiger partial charge in [-0.05, 0) is 37.8 Å². The Morgan fingerprint density at radius 1 is 1.47 bits per heavy atom. The quantitative estimate of drug-likeness (QED) is 0.813. The fourth-order valence-electron chi connectivity index (χ4n) is 2.59. The lowest BCUT2D eigenvalue weighted by Gasteiger charge is -2.28. The number of benzene rings is 1. The zero-order chi connectivity index (χ0) is 12.3. The molecule has 0 aliphatic carbocycles. The molecule has 1 aromatic rings. The van der Waals surface area contributed by atoms with Gasteiger partial charge in [0, 0.05) is 19.2 Å². The molecular formula is C13H19ClN2O. The van der Waals surface area contributed by atoms with Crippen LogP contribution in [0, 0.1) is 0 Å². The normalized spacial score (nSPS) is 19.9. The third kappa shape index (κ3) is 2.67. The molecular weight excluding hydrogens is 236 g/mol. The maximum Gasteiger partial charge on any atom is 0.0791 e. The molecule has 2 rings (SSSR count). The van der Waals surface area contributed by atoms with E-state index in [4.69, 9.17) is 22.4 Å². The fraction of sp³-hybridized carbons (Fsp3) is 0.538. The highest BCUT2D eigenvalue weighted by molar-refractivity contribution is 6.34. The number of hydrogen-bond donors (Lipinski definition) is 2. The van der Waals surface area contributed by atoms with Gasteiger partial charge in [-0.15, -0.1) is 0 Å². The molecule has 17 heavy (non-hydrogen) atoms. The molecule has 94 valence electrons. The van der Waals surface area contributed by atoms with Gasteiger partial charge < -0.3 is 15.7 Å². The largest absolute Gasteiger partial charge is 0.397 e. The van der Waals surface area contributed by atoms with E-state index in [0.29, 0.717) is 6.04 Å². The average molecular weight is 255 g/mol. The second-order valence-electron chi connectivity index (χ2n) is 4.53. The predicted molar refractivity (Wildman–Crippen MR) is 72.6 cm³/mol. The van der Waals surface area contributed by atoms with E-state index in [9.17, 15) is 0 Å². The van der Waals surface area contributed by atoms with Crippen LogP contribution in [0.1, 0.15) is 25.7 Å². The first-order valence-electron chi connectivity index (χ1n) is 6.15. The van der Waals surface area contributed by atoms with Crippen LogP contribution in [0.15, 0.2) is 18.2 Å². The number of nitrogen functional groups attached to an aromatic ring is 1. The van der Waals surface area contributed by atoms with Crippen molar-refractivity contribution < 1.29 is 5.11 Å². The second kappa shape index (κ2) is 5.61. The van der Waals surface area contributed by atoms with Gasteiger partial charge in [-0.3, -0.25) is 0 Å². The molecule has 1 fully saturated rings. The molecule has 1 saturated heterocycles. The van der Waals surface area contributed by atoms with Gasteiger partial charge in [0.05, 0.1) is 16.4 Å². The Hall–Kier alpha value is -0.930. The van der Waals surface area contributed by atoms with Gasteiger partial charge in [-0.2, -0.15) is 0 Å². The average Bonchev–Trinajstić information content (AvgIpc) is 2.74. The summed E-state index contributed by atoms with van der Waals surface area (Å²) >= 11 is 6.24. The van der Waals surface area contributed by atoms with Crippen LogP contribution in [-0.4, -0.2) is 24.3 Å². The van der Waals surface area contributed by atoms with Crippen molar-refractivity contribution >= 4 is 23.0 Å². The van der Waals surface area contributed by atoms with E-state index < -0.39 is 0 Å². The number of rotatable bonds is 4. The molecule has 0 amide bonds. The SMILES string of the molecule is Nc1cccc(Cl)c1N1CCCC1CCCO. The van der Waals surface area contributed by atoms with Gasteiger partial charge in [0.25, 0.3) is 0 Å². The summed E-state index contributed by atoms with van der Waals surface area (Å²) in [5, 5.41) is 9.65. The summed E-state index contributed by atoms with van der Waals surface area (Å²) in [6.45, 7) is 1.26. The van der Waals surface area contributed by atoms with Gasteiger partial charge in [-0.1, -0.05) is 17.7 Å². The summed E-state index contributed by atoms with van der Waals surface area (Å²) in [5.74, 6) is 0. The summed E-state index contributed by atoms with van der Waals surface area (Å²) in [6.07, 6.45) is 4.16. The van der Waals surface area contributed by atoms with Gasteiger partial charge in [0.2, 0.25) is 0 Å². The molecule has 3 N–H and O–H groups in total. The first-order valence-corrected chi connectivity index (χ1v) is 6.53. The topological polar surface area (TPSA) is 49.5 Å². The molecule has 0 radical (unpaired) electrons. The second-order valence-corrected chi connectivity index (χ2v) is 4.94. The summed E-state index contributed by atoms with van der Waals surface area (Å²) in [4.78, 5) is 2.30. The Balaban J connectivity index is 2.20. The van der Waals surface area contributed by atoms with Crippen LogP contribution in [0.3, 0.4) is 0 Å². The van der Waals surface area contributed by atoms with E-state index in [2.05, 4.69) is 4.90 Å². The summed E-state index contributed by atoms with van der Waals surface area (Å²) in [5.41, 5.74) is 7.73. The van der Waals surface area contributed by atoms with E-state index in [0.717, 1.165) is 42.2 Å². The Labute approximate surface area is 107 Å². The van der Waals surface area contributed by atoms with Crippen LogP contribution in [-0.2, 0) is 0 Å². The van der Waals surface area contributed by atoms with E-state index >= 15 is 0 Å². The van der Waals surface area contributed by atoms with Crippen molar-refractivity contribution in [1.82, 2.24) is 0 Å². The Kier molecular flexibility index (Phi) is 4.13. The van der Waals surface area contributed by atoms with E-state index in [1.54, 1.807) is 0 Å². The number of aliphatic hydroxyl groups is 1. The summed E-state index contributed by atoms with van der Waals surface area (Å²) in [7, 11) is 0. The number of nitrogens with two attached hydrogens (primary N) is 1. The number of halogens is 1. The molecule has 1 atom stereocenters. The van der Waals surface area contributed by atoms with Crippen molar-refractivity contribution in [2.75, 3.05) is 23.8 Å². The minimum absolute atomic E-state index is 0.252. The highest BCUT2D eigenvalue weighted by atomic mass is 35.5. The number of anilines is 2. The molecule has 1 aromatic carbocycles. The third-order valence-electron chi connectivity index (χ3n) is 3.38. The maximum absolute atomic E-state index is 8.92.